The molecule has 0 bridgehead atoms. The minimum atomic E-state index is -0.811. The third-order valence-corrected chi connectivity index (χ3v) is 4.30. The Hall–Kier alpha value is -1.55. The average Bonchev–Trinajstić information content (AvgIpc) is 3.22. The molecule has 0 unspecified atom stereocenters. The Morgan fingerprint density at radius 1 is 1.50 bits per heavy atom. The lowest BCUT2D eigenvalue weighted by molar-refractivity contribution is -0.137. The van der Waals surface area contributed by atoms with Crippen molar-refractivity contribution >= 4 is 11.7 Å². The van der Waals surface area contributed by atoms with Gasteiger partial charge in [-0.15, -0.1) is 0 Å². The number of rotatable bonds is 5. The fraction of sp³-hybridized carbons (Fsp3) is 0.562. The van der Waals surface area contributed by atoms with Gasteiger partial charge in [0.2, 0.25) is 0 Å². The third kappa shape index (κ3) is 2.96. The van der Waals surface area contributed by atoms with Gasteiger partial charge in [-0.05, 0) is 49.3 Å². The number of hydrogen-bond donors (Lipinski definition) is 2. The fourth-order valence-electron chi connectivity index (χ4n) is 2.92. The molecule has 0 saturated heterocycles. The molecule has 1 aromatic carbocycles. The van der Waals surface area contributed by atoms with Crippen LogP contribution in [0.2, 0.25) is 0 Å². The van der Waals surface area contributed by atoms with Gasteiger partial charge < -0.3 is 10.4 Å². The maximum atomic E-state index is 11.0. The highest BCUT2D eigenvalue weighted by atomic mass is 16.4. The predicted molar refractivity (Wildman–Crippen MR) is 78.9 cm³/mol. The Kier molecular flexibility index (Phi) is 3.66. The van der Waals surface area contributed by atoms with E-state index in [4.69, 9.17) is 5.11 Å². The molecule has 108 valence electrons. The van der Waals surface area contributed by atoms with Crippen LogP contribution in [0.4, 0.5) is 5.69 Å². The van der Waals surface area contributed by atoms with E-state index < -0.39 is 12.0 Å². The maximum Gasteiger partial charge on any atom is 0.325 e. The van der Waals surface area contributed by atoms with Crippen molar-refractivity contribution < 1.29 is 9.90 Å². The van der Waals surface area contributed by atoms with E-state index in [1.165, 1.54) is 30.5 Å². The highest BCUT2D eigenvalue weighted by Gasteiger charge is 2.27. The lowest BCUT2D eigenvalue weighted by Gasteiger charge is -2.30. The summed E-state index contributed by atoms with van der Waals surface area (Å²) >= 11 is 0. The standard InChI is InChI=1S/C16H22N2O2/c1-11(16(19)20)17-15-4-2-3-13-10-18(8-7-14(13)15)9-12-5-6-12/h2-4,11-12,17H,5-10H2,1H3,(H,19,20)/t11-/m0/s1. The summed E-state index contributed by atoms with van der Waals surface area (Å²) in [7, 11) is 0. The molecule has 0 spiro atoms. The number of fused-ring (bicyclic) bond motifs is 1. The van der Waals surface area contributed by atoms with E-state index >= 15 is 0 Å². The van der Waals surface area contributed by atoms with Gasteiger partial charge >= 0.3 is 5.97 Å². The van der Waals surface area contributed by atoms with E-state index in [-0.39, 0.29) is 0 Å². The predicted octanol–water partition coefficient (Wildman–Crippen LogP) is 2.34. The molecule has 1 aliphatic carbocycles. The summed E-state index contributed by atoms with van der Waals surface area (Å²) in [5, 5.41) is 12.1. The quantitative estimate of drug-likeness (QED) is 0.865. The van der Waals surface area contributed by atoms with Crippen LogP contribution < -0.4 is 5.32 Å². The zero-order valence-corrected chi connectivity index (χ0v) is 11.9. The molecule has 1 aliphatic heterocycles. The minimum absolute atomic E-state index is 0.550. The molecule has 1 aromatic rings. The summed E-state index contributed by atoms with van der Waals surface area (Å²) in [6.45, 7) is 5.00. The van der Waals surface area contributed by atoms with Crippen LogP contribution in [0.3, 0.4) is 0 Å². The normalized spacial score (nSPS) is 20.2. The van der Waals surface area contributed by atoms with Gasteiger partial charge in [0.25, 0.3) is 0 Å². The number of carbonyl (C=O) groups is 1. The van der Waals surface area contributed by atoms with Gasteiger partial charge in [0.05, 0.1) is 0 Å². The fourth-order valence-corrected chi connectivity index (χ4v) is 2.92. The van der Waals surface area contributed by atoms with Crippen LogP contribution in [0.5, 0.6) is 0 Å². The first-order valence-corrected chi connectivity index (χ1v) is 7.46. The minimum Gasteiger partial charge on any atom is -0.480 e. The van der Waals surface area contributed by atoms with Gasteiger partial charge in [-0.3, -0.25) is 9.69 Å². The molecular weight excluding hydrogens is 252 g/mol. The van der Waals surface area contributed by atoms with Crippen molar-refractivity contribution in [2.24, 2.45) is 5.92 Å². The molecule has 1 saturated carbocycles. The van der Waals surface area contributed by atoms with E-state index in [2.05, 4.69) is 16.3 Å². The first-order chi connectivity index (χ1) is 9.63. The summed E-state index contributed by atoms with van der Waals surface area (Å²) in [5.74, 6) is 0.110. The van der Waals surface area contributed by atoms with E-state index in [9.17, 15) is 4.79 Å². The van der Waals surface area contributed by atoms with Crippen LogP contribution in [-0.2, 0) is 17.8 Å². The van der Waals surface area contributed by atoms with Crippen molar-refractivity contribution in [1.29, 1.82) is 0 Å². The summed E-state index contributed by atoms with van der Waals surface area (Å²) < 4.78 is 0. The van der Waals surface area contributed by atoms with Gasteiger partial charge in [0.1, 0.15) is 6.04 Å². The molecule has 0 aromatic heterocycles. The lowest BCUT2D eigenvalue weighted by Crippen LogP contribution is -2.33. The monoisotopic (exact) mass is 274 g/mol. The van der Waals surface area contributed by atoms with Crippen molar-refractivity contribution in [3.8, 4) is 0 Å². The number of nitrogens with zero attached hydrogens (tertiary/aromatic N) is 1. The zero-order valence-electron chi connectivity index (χ0n) is 11.9. The van der Waals surface area contributed by atoms with E-state index in [0.717, 1.165) is 31.1 Å². The maximum absolute atomic E-state index is 11.0. The molecule has 3 rings (SSSR count). The van der Waals surface area contributed by atoms with Crippen molar-refractivity contribution in [3.63, 3.8) is 0 Å². The average molecular weight is 274 g/mol. The van der Waals surface area contributed by atoms with Crippen LogP contribution in [0.1, 0.15) is 30.9 Å². The van der Waals surface area contributed by atoms with E-state index in [0.29, 0.717) is 0 Å². The Balaban J connectivity index is 1.73. The number of aliphatic carboxylic acids is 1. The molecule has 2 aliphatic rings. The molecule has 0 amide bonds. The number of carboxylic acid groups (broad SMARTS) is 1. The largest absolute Gasteiger partial charge is 0.480 e. The Bertz CT molecular complexity index is 511. The van der Waals surface area contributed by atoms with Crippen molar-refractivity contribution in [3.05, 3.63) is 29.3 Å². The first-order valence-electron chi connectivity index (χ1n) is 7.46. The van der Waals surface area contributed by atoms with Crippen LogP contribution in [-0.4, -0.2) is 35.1 Å². The van der Waals surface area contributed by atoms with Crippen molar-refractivity contribution in [2.45, 2.75) is 38.8 Å². The van der Waals surface area contributed by atoms with E-state index in [1.54, 1.807) is 6.92 Å². The number of benzene rings is 1. The molecular formula is C16H22N2O2. The van der Waals surface area contributed by atoms with Crippen LogP contribution in [0.15, 0.2) is 18.2 Å². The smallest absolute Gasteiger partial charge is 0.325 e. The zero-order chi connectivity index (χ0) is 14.1. The van der Waals surface area contributed by atoms with Gasteiger partial charge in [-0.1, -0.05) is 12.1 Å². The highest BCUT2D eigenvalue weighted by molar-refractivity contribution is 5.77. The molecule has 1 fully saturated rings. The molecule has 4 heteroatoms. The van der Waals surface area contributed by atoms with Crippen molar-refractivity contribution in [1.82, 2.24) is 4.90 Å². The molecule has 1 atom stereocenters. The van der Waals surface area contributed by atoms with Gasteiger partial charge in [0, 0.05) is 25.3 Å². The van der Waals surface area contributed by atoms with Gasteiger partial charge in [0.15, 0.2) is 0 Å². The molecule has 4 nitrogen and oxygen atoms in total. The molecule has 1 heterocycles. The highest BCUT2D eigenvalue weighted by Crippen LogP contribution is 2.32. The van der Waals surface area contributed by atoms with Crippen molar-refractivity contribution in [2.75, 3.05) is 18.4 Å². The SMILES string of the molecule is C[C@H](Nc1cccc2c1CCN(CC1CC1)C2)C(=O)O. The van der Waals surface area contributed by atoms with E-state index in [1.807, 2.05) is 12.1 Å². The second-order valence-electron chi connectivity index (χ2n) is 6.08. The molecule has 20 heavy (non-hydrogen) atoms. The van der Waals surface area contributed by atoms with Gasteiger partial charge in [-0.2, -0.15) is 0 Å². The van der Waals surface area contributed by atoms with Crippen LogP contribution in [0, 0.1) is 5.92 Å². The second-order valence-corrected chi connectivity index (χ2v) is 6.08. The van der Waals surface area contributed by atoms with Crippen LogP contribution >= 0.6 is 0 Å². The Labute approximate surface area is 119 Å². The second kappa shape index (κ2) is 5.44. The first kappa shape index (κ1) is 13.4. The number of carboxylic acids is 1. The summed E-state index contributed by atoms with van der Waals surface area (Å²) in [6.07, 6.45) is 3.79. The Morgan fingerprint density at radius 2 is 2.30 bits per heavy atom. The number of hydrogen-bond acceptors (Lipinski definition) is 3. The lowest BCUT2D eigenvalue weighted by atomic mass is 9.97. The van der Waals surface area contributed by atoms with Gasteiger partial charge in [-0.25, -0.2) is 0 Å². The number of nitrogens with one attached hydrogen (secondary N) is 1. The third-order valence-electron chi connectivity index (χ3n) is 4.30. The molecule has 2 N–H and O–H groups in total. The topological polar surface area (TPSA) is 52.6 Å². The molecule has 0 radical (unpaired) electrons. The summed E-state index contributed by atoms with van der Waals surface area (Å²) in [6, 6.07) is 5.64. The summed E-state index contributed by atoms with van der Waals surface area (Å²) in [4.78, 5) is 13.5. The van der Waals surface area contributed by atoms with Crippen LogP contribution in [0.25, 0.3) is 0 Å². The summed E-state index contributed by atoms with van der Waals surface area (Å²) in [5.41, 5.74) is 3.63. The Morgan fingerprint density at radius 3 is 3.00 bits per heavy atom. The number of anilines is 1.